The van der Waals surface area contributed by atoms with Gasteiger partial charge in [0.25, 0.3) is 0 Å². The molecule has 19 heavy (non-hydrogen) atoms. The van der Waals surface area contributed by atoms with Gasteiger partial charge < -0.3 is 5.32 Å². The quantitative estimate of drug-likeness (QED) is 0.823. The molecule has 0 aliphatic rings. The lowest BCUT2D eigenvalue weighted by molar-refractivity contribution is 0.612. The predicted octanol–water partition coefficient (Wildman–Crippen LogP) is 4.83. The van der Waals surface area contributed by atoms with Crippen LogP contribution in [0.2, 0.25) is 0 Å². The highest BCUT2D eigenvalue weighted by Crippen LogP contribution is 2.26. The number of hydrogen-bond acceptors (Lipinski definition) is 2. The minimum Gasteiger partial charge on any atom is -0.380 e. The molecule has 0 fully saturated rings. The first-order valence-electron chi connectivity index (χ1n) is 5.47. The molecule has 0 bridgehead atoms. The molecule has 0 aromatic heterocycles. The van der Waals surface area contributed by atoms with Gasteiger partial charge in [0.2, 0.25) is 0 Å². The molecule has 2 rings (SSSR count). The van der Waals surface area contributed by atoms with Crippen LogP contribution in [0.4, 0.5) is 10.1 Å². The summed E-state index contributed by atoms with van der Waals surface area (Å²) in [5.74, 6) is -0.322. The smallest absolute Gasteiger partial charge is 0.128 e. The largest absolute Gasteiger partial charge is 0.380 e. The van der Waals surface area contributed by atoms with Crippen LogP contribution in [-0.4, -0.2) is 0 Å². The fraction of sp³-hybridized carbons (Fsp3) is 0.0714. The summed E-state index contributed by atoms with van der Waals surface area (Å²) in [6, 6.07) is 12.0. The molecule has 0 heterocycles. The average Bonchev–Trinajstić information content (AvgIpc) is 2.41. The van der Waals surface area contributed by atoms with Crippen molar-refractivity contribution < 1.29 is 4.39 Å². The summed E-state index contributed by atoms with van der Waals surface area (Å²) in [6.45, 7) is 0.316. The third kappa shape index (κ3) is 3.55. The van der Waals surface area contributed by atoms with Gasteiger partial charge in [0, 0.05) is 26.7 Å². The molecule has 0 amide bonds. The number of nitrogens with one attached hydrogen (secondary N) is 1. The van der Waals surface area contributed by atoms with Crippen LogP contribution >= 0.6 is 31.9 Å². The summed E-state index contributed by atoms with van der Waals surface area (Å²) in [5.41, 5.74) is 1.77. The maximum absolute atomic E-state index is 13.6. The van der Waals surface area contributed by atoms with Crippen molar-refractivity contribution in [2.24, 2.45) is 0 Å². The van der Waals surface area contributed by atoms with E-state index < -0.39 is 0 Å². The van der Waals surface area contributed by atoms with Crippen LogP contribution in [0.1, 0.15) is 11.1 Å². The van der Waals surface area contributed by atoms with Gasteiger partial charge in [0.1, 0.15) is 5.82 Å². The van der Waals surface area contributed by atoms with Crippen molar-refractivity contribution in [2.75, 3.05) is 5.32 Å². The molecule has 0 saturated carbocycles. The zero-order valence-corrected chi connectivity index (χ0v) is 12.9. The average molecular weight is 384 g/mol. The van der Waals surface area contributed by atoms with Gasteiger partial charge in [-0.1, -0.05) is 15.9 Å². The number of benzene rings is 2. The van der Waals surface area contributed by atoms with Crippen LogP contribution in [0.15, 0.2) is 45.3 Å². The third-order valence-electron chi connectivity index (χ3n) is 2.57. The van der Waals surface area contributed by atoms with Crippen LogP contribution in [0, 0.1) is 17.1 Å². The highest BCUT2D eigenvalue weighted by Gasteiger charge is 2.05. The Kier molecular flexibility index (Phi) is 4.56. The molecule has 0 saturated heterocycles. The number of hydrogen-bond donors (Lipinski definition) is 1. The summed E-state index contributed by atoms with van der Waals surface area (Å²) in [5, 5.41) is 11.9. The SMILES string of the molecule is N#Cc1ccc(F)c(CNc2cc(Br)ccc2Br)c1. The van der Waals surface area contributed by atoms with E-state index in [1.807, 2.05) is 24.3 Å². The second-order valence-corrected chi connectivity index (χ2v) is 5.67. The topological polar surface area (TPSA) is 35.8 Å². The molecule has 0 aliphatic carbocycles. The first kappa shape index (κ1) is 14.0. The van der Waals surface area contributed by atoms with Crippen molar-refractivity contribution >= 4 is 37.5 Å². The van der Waals surface area contributed by atoms with E-state index >= 15 is 0 Å². The van der Waals surface area contributed by atoms with E-state index in [1.165, 1.54) is 12.1 Å². The lowest BCUT2D eigenvalue weighted by atomic mass is 10.1. The fourth-order valence-corrected chi connectivity index (χ4v) is 2.35. The van der Waals surface area contributed by atoms with Crippen molar-refractivity contribution in [1.29, 1.82) is 5.26 Å². The Balaban J connectivity index is 2.19. The molecular weight excluding hydrogens is 375 g/mol. The fourth-order valence-electron chi connectivity index (χ4n) is 1.60. The molecular formula is C14H9Br2FN2. The number of nitriles is 1. The van der Waals surface area contributed by atoms with Gasteiger partial charge in [0.15, 0.2) is 0 Å². The van der Waals surface area contributed by atoms with E-state index in [-0.39, 0.29) is 5.82 Å². The number of rotatable bonds is 3. The second-order valence-electron chi connectivity index (χ2n) is 3.90. The number of anilines is 1. The molecule has 0 aliphatic heterocycles. The highest BCUT2D eigenvalue weighted by molar-refractivity contribution is 9.11. The van der Waals surface area contributed by atoms with Gasteiger partial charge in [-0.15, -0.1) is 0 Å². The molecule has 2 nitrogen and oxygen atoms in total. The van der Waals surface area contributed by atoms with Gasteiger partial charge in [-0.2, -0.15) is 5.26 Å². The van der Waals surface area contributed by atoms with Gasteiger partial charge in [-0.3, -0.25) is 0 Å². The van der Waals surface area contributed by atoms with Crippen molar-refractivity contribution in [1.82, 2.24) is 0 Å². The van der Waals surface area contributed by atoms with E-state index in [0.29, 0.717) is 17.7 Å². The minimum atomic E-state index is -0.322. The van der Waals surface area contributed by atoms with E-state index in [0.717, 1.165) is 14.6 Å². The zero-order valence-electron chi connectivity index (χ0n) is 9.75. The van der Waals surface area contributed by atoms with Crippen LogP contribution < -0.4 is 5.32 Å². The summed E-state index contributed by atoms with van der Waals surface area (Å²) in [4.78, 5) is 0. The van der Waals surface area contributed by atoms with Crippen LogP contribution in [-0.2, 0) is 6.54 Å². The van der Waals surface area contributed by atoms with Crippen molar-refractivity contribution in [2.45, 2.75) is 6.54 Å². The molecule has 0 unspecified atom stereocenters. The molecule has 5 heteroatoms. The molecule has 0 atom stereocenters. The van der Waals surface area contributed by atoms with Gasteiger partial charge >= 0.3 is 0 Å². The monoisotopic (exact) mass is 382 g/mol. The lowest BCUT2D eigenvalue weighted by Gasteiger charge is -2.10. The van der Waals surface area contributed by atoms with Gasteiger partial charge in [-0.05, 0) is 52.3 Å². The summed E-state index contributed by atoms with van der Waals surface area (Å²) in [7, 11) is 0. The third-order valence-corrected chi connectivity index (χ3v) is 3.76. The standard InChI is InChI=1S/C14H9Br2FN2/c15-11-2-3-12(16)14(6-11)19-8-10-5-9(7-18)1-4-13(10)17/h1-6,19H,8H2. The Hall–Kier alpha value is -1.38. The van der Waals surface area contributed by atoms with Gasteiger partial charge in [-0.25, -0.2) is 4.39 Å². The molecule has 2 aromatic carbocycles. The Bertz CT molecular complexity index is 650. The van der Waals surface area contributed by atoms with E-state index in [4.69, 9.17) is 5.26 Å². The minimum absolute atomic E-state index is 0.316. The first-order chi connectivity index (χ1) is 9.10. The number of nitrogens with zero attached hydrogens (tertiary/aromatic N) is 1. The summed E-state index contributed by atoms with van der Waals surface area (Å²) < 4.78 is 15.4. The Labute approximate surface area is 127 Å². The van der Waals surface area contributed by atoms with Crippen LogP contribution in [0.3, 0.4) is 0 Å². The van der Waals surface area contributed by atoms with E-state index in [2.05, 4.69) is 37.2 Å². The number of halogens is 3. The maximum Gasteiger partial charge on any atom is 0.128 e. The molecule has 0 spiro atoms. The van der Waals surface area contributed by atoms with Gasteiger partial charge in [0.05, 0.1) is 11.6 Å². The molecule has 2 aromatic rings. The summed E-state index contributed by atoms with van der Waals surface area (Å²) in [6.07, 6.45) is 0. The van der Waals surface area contributed by atoms with E-state index in [9.17, 15) is 4.39 Å². The Morgan fingerprint density at radius 3 is 2.68 bits per heavy atom. The lowest BCUT2D eigenvalue weighted by Crippen LogP contribution is -2.03. The van der Waals surface area contributed by atoms with Crippen molar-refractivity contribution in [3.63, 3.8) is 0 Å². The molecule has 1 N–H and O–H groups in total. The Morgan fingerprint density at radius 1 is 1.16 bits per heavy atom. The predicted molar refractivity (Wildman–Crippen MR) is 80.3 cm³/mol. The summed E-state index contributed by atoms with van der Waals surface area (Å²) >= 11 is 6.80. The van der Waals surface area contributed by atoms with Crippen LogP contribution in [0.25, 0.3) is 0 Å². The zero-order chi connectivity index (χ0) is 13.8. The normalized spacial score (nSPS) is 10.0. The van der Waals surface area contributed by atoms with E-state index in [1.54, 1.807) is 6.07 Å². The van der Waals surface area contributed by atoms with Crippen molar-refractivity contribution in [3.8, 4) is 6.07 Å². The maximum atomic E-state index is 13.6. The van der Waals surface area contributed by atoms with Crippen LogP contribution in [0.5, 0.6) is 0 Å². The second kappa shape index (κ2) is 6.18. The highest BCUT2D eigenvalue weighted by atomic mass is 79.9. The first-order valence-corrected chi connectivity index (χ1v) is 7.06. The van der Waals surface area contributed by atoms with Crippen molar-refractivity contribution in [3.05, 3.63) is 62.3 Å². The molecule has 0 radical (unpaired) electrons. The molecule has 96 valence electrons. The Morgan fingerprint density at radius 2 is 1.95 bits per heavy atom.